The number of carbonyl (C=O) groups is 2. The van der Waals surface area contributed by atoms with Crippen molar-refractivity contribution in [2.45, 2.75) is 13.5 Å². The lowest BCUT2D eigenvalue weighted by Crippen LogP contribution is -2.32. The minimum absolute atomic E-state index is 0.149. The molecule has 0 fully saturated rings. The van der Waals surface area contributed by atoms with Crippen LogP contribution in [0.5, 0.6) is 0 Å². The maximum absolute atomic E-state index is 13.5. The number of rotatable bonds is 6. The first-order chi connectivity index (χ1) is 11.0. The minimum Gasteiger partial charge on any atom is -0.503 e. The molecule has 0 bridgehead atoms. The molecule has 1 rings (SSSR count). The van der Waals surface area contributed by atoms with Crippen molar-refractivity contribution in [2.24, 2.45) is 0 Å². The van der Waals surface area contributed by atoms with Gasteiger partial charge in [0.1, 0.15) is 5.82 Å². The third-order valence-corrected chi connectivity index (χ3v) is 3.36. The van der Waals surface area contributed by atoms with Crippen LogP contribution in [0.25, 0.3) is 0 Å². The van der Waals surface area contributed by atoms with Crippen LogP contribution in [0.1, 0.15) is 11.1 Å². The average molecular weight is 360 g/mol. The predicted octanol–water partition coefficient (Wildman–Crippen LogP) is 0.542. The molecule has 0 spiro atoms. The Labute approximate surface area is 138 Å². The third-order valence-electron chi connectivity index (χ3n) is 2.80. The summed E-state index contributed by atoms with van der Waals surface area (Å²) >= 11 is 0. The topological polar surface area (TPSA) is 113 Å². The molecule has 2 amide bonds. The van der Waals surface area contributed by atoms with Crippen LogP contribution in [0.3, 0.4) is 0 Å². The number of amides is 2. The molecule has 0 aliphatic rings. The van der Waals surface area contributed by atoms with Gasteiger partial charge in [0, 0.05) is 0 Å². The van der Waals surface area contributed by atoms with E-state index in [9.17, 15) is 27.5 Å². The third kappa shape index (κ3) is 5.97. The summed E-state index contributed by atoms with van der Waals surface area (Å²) in [4.78, 5) is 28.2. The van der Waals surface area contributed by atoms with Crippen molar-refractivity contribution in [3.8, 4) is 0 Å². The molecule has 0 heterocycles. The Balaban J connectivity index is 2.87. The van der Waals surface area contributed by atoms with Gasteiger partial charge in [-0.3, -0.25) is 14.4 Å². The first-order valence-electron chi connectivity index (χ1n) is 6.57. The second kappa shape index (κ2) is 7.88. The summed E-state index contributed by atoms with van der Waals surface area (Å²) in [6.07, 6.45) is 1.21. The lowest BCUT2D eigenvalue weighted by atomic mass is 10.1. The predicted molar refractivity (Wildman–Crippen MR) is 82.4 cm³/mol. The molecule has 8 nitrogen and oxygen atoms in total. The molecule has 1 aromatic carbocycles. The molecule has 0 aliphatic heterocycles. The number of aliphatic hydroxyl groups excluding tert-OH is 1. The molecule has 0 aliphatic carbocycles. The largest absolute Gasteiger partial charge is 0.503 e. The van der Waals surface area contributed by atoms with Crippen LogP contribution in [-0.2, 0) is 31.0 Å². The molecular formula is C14H17FN2O6S. The second-order valence-electron chi connectivity index (χ2n) is 4.87. The normalized spacial score (nSPS) is 11.9. The zero-order chi connectivity index (χ0) is 18.5. The van der Waals surface area contributed by atoms with Crippen LogP contribution in [0.4, 0.5) is 4.39 Å². The highest BCUT2D eigenvalue weighted by atomic mass is 32.2. The molecule has 24 heavy (non-hydrogen) atoms. The molecule has 0 atom stereocenters. The van der Waals surface area contributed by atoms with Gasteiger partial charge < -0.3 is 5.11 Å². The lowest BCUT2D eigenvalue weighted by molar-refractivity contribution is -0.173. The Hall–Kier alpha value is -2.46. The van der Waals surface area contributed by atoms with Crippen LogP contribution < -0.4 is 4.72 Å². The molecule has 0 saturated heterocycles. The van der Waals surface area contributed by atoms with E-state index in [2.05, 4.69) is 0 Å². The zero-order valence-electron chi connectivity index (χ0n) is 13.2. The molecule has 0 aromatic heterocycles. The minimum atomic E-state index is -3.89. The fourth-order valence-corrected chi connectivity index (χ4v) is 2.05. The van der Waals surface area contributed by atoms with Crippen molar-refractivity contribution in [3.63, 3.8) is 0 Å². The molecule has 0 radical (unpaired) electrons. The number of nitrogens with zero attached hydrogens (tertiary/aromatic N) is 1. The number of hydroxylamine groups is 2. The summed E-state index contributed by atoms with van der Waals surface area (Å²) in [5.74, 6) is -3.85. The summed E-state index contributed by atoms with van der Waals surface area (Å²) in [5, 5.41) is 10.2. The van der Waals surface area contributed by atoms with E-state index in [-0.39, 0.29) is 6.54 Å². The Morgan fingerprint density at radius 1 is 1.42 bits per heavy atom. The highest BCUT2D eigenvalue weighted by molar-refractivity contribution is 7.89. The number of nitrogens with one attached hydrogen (secondary N) is 1. The molecule has 10 heteroatoms. The van der Waals surface area contributed by atoms with Gasteiger partial charge in [0.15, 0.2) is 5.76 Å². The maximum atomic E-state index is 13.5. The van der Waals surface area contributed by atoms with Crippen molar-refractivity contribution < 1.29 is 32.3 Å². The average Bonchev–Trinajstić information content (AvgIpc) is 2.46. The Kier molecular flexibility index (Phi) is 6.43. The van der Waals surface area contributed by atoms with E-state index in [1.54, 1.807) is 13.0 Å². The van der Waals surface area contributed by atoms with E-state index in [0.717, 1.165) is 5.06 Å². The molecule has 0 unspecified atom stereocenters. The van der Waals surface area contributed by atoms with Crippen molar-refractivity contribution in [2.75, 3.05) is 13.4 Å². The van der Waals surface area contributed by atoms with Gasteiger partial charge in [-0.1, -0.05) is 12.1 Å². The standard InChI is InChI=1S/C14H17FN2O6S/c1-9-4-5-10(6-11(9)15)8-17(23-2)13(19)7-12(18)14(20)16-24(3,21)22/h4-7,18H,8H2,1-3H3,(H,16,20)/b12-7-. The van der Waals surface area contributed by atoms with Crippen LogP contribution in [-0.4, -0.2) is 43.8 Å². The second-order valence-corrected chi connectivity index (χ2v) is 6.62. The number of aliphatic hydroxyl groups is 1. The van der Waals surface area contributed by atoms with E-state index in [4.69, 9.17) is 4.84 Å². The number of carbonyl (C=O) groups excluding carboxylic acids is 2. The van der Waals surface area contributed by atoms with E-state index in [1.807, 2.05) is 0 Å². The fraction of sp³-hybridized carbons (Fsp3) is 0.286. The summed E-state index contributed by atoms with van der Waals surface area (Å²) in [6.45, 7) is 1.43. The smallest absolute Gasteiger partial charge is 0.299 e. The number of sulfonamides is 1. The quantitative estimate of drug-likeness (QED) is 0.435. The highest BCUT2D eigenvalue weighted by Gasteiger charge is 2.18. The fourth-order valence-electron chi connectivity index (χ4n) is 1.61. The summed E-state index contributed by atoms with van der Waals surface area (Å²) in [5.41, 5.74) is 0.853. The molecule has 2 N–H and O–H groups in total. The zero-order valence-corrected chi connectivity index (χ0v) is 14.1. The summed E-state index contributed by atoms with van der Waals surface area (Å²) in [6, 6.07) is 4.32. The van der Waals surface area contributed by atoms with E-state index >= 15 is 0 Å². The van der Waals surface area contributed by atoms with E-state index in [0.29, 0.717) is 23.5 Å². The first-order valence-corrected chi connectivity index (χ1v) is 8.46. The van der Waals surface area contributed by atoms with Gasteiger partial charge >= 0.3 is 0 Å². The van der Waals surface area contributed by atoms with Gasteiger partial charge in [0.25, 0.3) is 11.8 Å². The van der Waals surface area contributed by atoms with Crippen LogP contribution in [0, 0.1) is 12.7 Å². The molecule has 1 aromatic rings. The van der Waals surface area contributed by atoms with Crippen molar-refractivity contribution in [3.05, 3.63) is 47.0 Å². The number of halogens is 1. The van der Waals surface area contributed by atoms with Gasteiger partial charge in [-0.25, -0.2) is 22.6 Å². The maximum Gasteiger partial charge on any atom is 0.299 e. The van der Waals surface area contributed by atoms with Gasteiger partial charge in [0.05, 0.1) is 26.0 Å². The van der Waals surface area contributed by atoms with Gasteiger partial charge in [-0.05, 0) is 24.1 Å². The summed E-state index contributed by atoms with van der Waals surface area (Å²) < 4.78 is 36.8. The van der Waals surface area contributed by atoms with Crippen LogP contribution in [0.15, 0.2) is 30.0 Å². The van der Waals surface area contributed by atoms with Crippen molar-refractivity contribution in [1.29, 1.82) is 0 Å². The lowest BCUT2D eigenvalue weighted by Gasteiger charge is -2.18. The summed E-state index contributed by atoms with van der Waals surface area (Å²) in [7, 11) is -2.72. The van der Waals surface area contributed by atoms with Gasteiger partial charge in [-0.15, -0.1) is 0 Å². The van der Waals surface area contributed by atoms with Crippen LogP contribution in [0.2, 0.25) is 0 Å². The number of hydrogen-bond acceptors (Lipinski definition) is 6. The van der Waals surface area contributed by atoms with E-state index < -0.39 is 33.4 Å². The van der Waals surface area contributed by atoms with Crippen molar-refractivity contribution >= 4 is 21.8 Å². The van der Waals surface area contributed by atoms with E-state index in [1.165, 1.54) is 24.0 Å². The monoisotopic (exact) mass is 360 g/mol. The molecular weight excluding hydrogens is 343 g/mol. The van der Waals surface area contributed by atoms with Crippen molar-refractivity contribution in [1.82, 2.24) is 9.79 Å². The Morgan fingerprint density at radius 3 is 2.54 bits per heavy atom. The van der Waals surface area contributed by atoms with Gasteiger partial charge in [-0.2, -0.15) is 0 Å². The highest BCUT2D eigenvalue weighted by Crippen LogP contribution is 2.12. The van der Waals surface area contributed by atoms with Gasteiger partial charge in [0.2, 0.25) is 10.0 Å². The van der Waals surface area contributed by atoms with Crippen LogP contribution >= 0.6 is 0 Å². The molecule has 132 valence electrons. The Morgan fingerprint density at radius 2 is 2.04 bits per heavy atom. The Bertz CT molecular complexity index is 775. The molecule has 0 saturated carbocycles. The number of aryl methyl sites for hydroxylation is 1. The SMILES string of the molecule is CON(Cc1ccc(C)c(F)c1)C(=O)/C=C(\O)C(=O)NS(C)(=O)=O. The number of hydrogen-bond donors (Lipinski definition) is 2. The first kappa shape index (κ1) is 19.6. The number of benzene rings is 1.